The molecule has 2 heterocycles. The number of aryl methyl sites for hydroxylation is 1. The maximum atomic E-state index is 12.5. The van der Waals surface area contributed by atoms with Gasteiger partial charge in [-0.2, -0.15) is 0 Å². The van der Waals surface area contributed by atoms with Crippen molar-refractivity contribution in [3.05, 3.63) is 71.2 Å². The van der Waals surface area contributed by atoms with Crippen molar-refractivity contribution < 1.29 is 28.2 Å². The fraction of sp³-hybridized carbons (Fsp3) is 0.280. The number of nitrogens with zero attached hydrogens (tertiary/aromatic N) is 1. The van der Waals surface area contributed by atoms with Gasteiger partial charge in [0.2, 0.25) is 0 Å². The predicted molar refractivity (Wildman–Crippen MR) is 122 cm³/mol. The largest absolute Gasteiger partial charge is 0.493 e. The van der Waals surface area contributed by atoms with Crippen LogP contribution in [0.1, 0.15) is 27.4 Å². The first-order valence-corrected chi connectivity index (χ1v) is 10.6. The van der Waals surface area contributed by atoms with Crippen LogP contribution in [0.2, 0.25) is 0 Å². The standard InChI is InChI=1S/C25H26N2O6/c1-16-4-7-20-19(12-16)27(24(28)15-32-20)14-18-6-9-22(33-18)25(29)26-11-10-17-5-8-21(30-2)23(13-17)31-3/h4-9,12-13H,10-11,14-15H2,1-3H3,(H,26,29). The molecule has 0 aliphatic carbocycles. The summed E-state index contributed by atoms with van der Waals surface area (Å²) in [5, 5.41) is 2.86. The molecule has 4 rings (SSSR count). The van der Waals surface area contributed by atoms with Crippen molar-refractivity contribution in [1.82, 2.24) is 5.32 Å². The Labute approximate surface area is 192 Å². The Hall–Kier alpha value is -3.94. The molecule has 3 aromatic rings. The Balaban J connectivity index is 1.36. The van der Waals surface area contributed by atoms with Crippen molar-refractivity contribution in [2.75, 3.05) is 32.3 Å². The Morgan fingerprint density at radius 3 is 2.67 bits per heavy atom. The van der Waals surface area contributed by atoms with Gasteiger partial charge in [-0.3, -0.25) is 14.5 Å². The molecule has 172 valence electrons. The van der Waals surface area contributed by atoms with Gasteiger partial charge in [0.15, 0.2) is 23.9 Å². The SMILES string of the molecule is COc1ccc(CCNC(=O)c2ccc(CN3C(=O)COc4ccc(C)cc43)o2)cc1OC. The van der Waals surface area contributed by atoms with E-state index in [0.717, 1.165) is 11.1 Å². The topological polar surface area (TPSA) is 90.2 Å². The van der Waals surface area contributed by atoms with Crippen LogP contribution in [0, 0.1) is 6.92 Å². The van der Waals surface area contributed by atoms with E-state index in [1.807, 2.05) is 43.3 Å². The van der Waals surface area contributed by atoms with Crippen LogP contribution in [0.15, 0.2) is 52.9 Å². The molecule has 33 heavy (non-hydrogen) atoms. The maximum Gasteiger partial charge on any atom is 0.287 e. The number of furan rings is 1. The number of hydrogen-bond donors (Lipinski definition) is 1. The molecule has 1 aliphatic heterocycles. The first-order valence-electron chi connectivity index (χ1n) is 10.6. The highest BCUT2D eigenvalue weighted by Gasteiger charge is 2.27. The Kier molecular flexibility index (Phi) is 6.53. The smallest absolute Gasteiger partial charge is 0.287 e. The number of rotatable bonds is 8. The lowest BCUT2D eigenvalue weighted by Crippen LogP contribution is -2.38. The molecule has 0 unspecified atom stereocenters. The molecule has 0 bridgehead atoms. The number of anilines is 1. The van der Waals surface area contributed by atoms with Crippen LogP contribution in [0.5, 0.6) is 17.2 Å². The molecular formula is C25H26N2O6. The minimum Gasteiger partial charge on any atom is -0.493 e. The highest BCUT2D eigenvalue weighted by Crippen LogP contribution is 2.34. The third kappa shape index (κ3) is 4.95. The first-order chi connectivity index (χ1) is 16.0. The van der Waals surface area contributed by atoms with Crippen molar-refractivity contribution >= 4 is 17.5 Å². The lowest BCUT2D eigenvalue weighted by Gasteiger charge is -2.29. The summed E-state index contributed by atoms with van der Waals surface area (Å²) < 4.78 is 21.8. The molecule has 1 N–H and O–H groups in total. The van der Waals surface area contributed by atoms with Crippen LogP contribution in [-0.2, 0) is 17.8 Å². The second-order valence-corrected chi connectivity index (χ2v) is 7.70. The van der Waals surface area contributed by atoms with Gasteiger partial charge < -0.3 is 23.9 Å². The number of amides is 2. The van der Waals surface area contributed by atoms with Crippen molar-refractivity contribution in [3.63, 3.8) is 0 Å². The fourth-order valence-electron chi connectivity index (χ4n) is 3.67. The van der Waals surface area contributed by atoms with Crippen LogP contribution < -0.4 is 24.4 Å². The molecule has 0 saturated heterocycles. The number of benzene rings is 2. The quantitative estimate of drug-likeness (QED) is 0.565. The molecule has 0 radical (unpaired) electrons. The minimum atomic E-state index is -0.314. The number of carbonyl (C=O) groups excluding carboxylic acids is 2. The van der Waals surface area contributed by atoms with Gasteiger partial charge in [-0.15, -0.1) is 0 Å². The van der Waals surface area contributed by atoms with Gasteiger partial charge in [-0.05, 0) is 60.9 Å². The van der Waals surface area contributed by atoms with E-state index in [1.165, 1.54) is 0 Å². The molecule has 8 heteroatoms. The zero-order valence-electron chi connectivity index (χ0n) is 18.8. The summed E-state index contributed by atoms with van der Waals surface area (Å²) in [4.78, 5) is 26.6. The highest BCUT2D eigenvalue weighted by atomic mass is 16.5. The Morgan fingerprint density at radius 2 is 1.88 bits per heavy atom. The van der Waals surface area contributed by atoms with Crippen molar-refractivity contribution in [3.8, 4) is 17.2 Å². The van der Waals surface area contributed by atoms with Crippen LogP contribution in [-0.4, -0.2) is 39.2 Å². The monoisotopic (exact) mass is 450 g/mol. The fourth-order valence-corrected chi connectivity index (χ4v) is 3.67. The van der Waals surface area contributed by atoms with Crippen LogP contribution in [0.4, 0.5) is 5.69 Å². The lowest BCUT2D eigenvalue weighted by molar-refractivity contribution is -0.121. The number of carbonyl (C=O) groups is 2. The molecule has 8 nitrogen and oxygen atoms in total. The van der Waals surface area contributed by atoms with Gasteiger partial charge >= 0.3 is 0 Å². The zero-order valence-corrected chi connectivity index (χ0v) is 18.8. The van der Waals surface area contributed by atoms with Gasteiger partial charge in [0.05, 0.1) is 26.5 Å². The van der Waals surface area contributed by atoms with E-state index < -0.39 is 0 Å². The molecule has 1 aliphatic rings. The third-order valence-corrected chi connectivity index (χ3v) is 5.40. The van der Waals surface area contributed by atoms with Crippen LogP contribution in [0.3, 0.4) is 0 Å². The molecule has 1 aromatic heterocycles. The normalized spacial score (nSPS) is 12.7. The van der Waals surface area contributed by atoms with Gasteiger partial charge in [0.1, 0.15) is 11.5 Å². The number of nitrogens with one attached hydrogen (secondary N) is 1. The van der Waals surface area contributed by atoms with Crippen molar-refractivity contribution in [1.29, 1.82) is 0 Å². The van der Waals surface area contributed by atoms with E-state index in [2.05, 4.69) is 5.32 Å². The van der Waals surface area contributed by atoms with Gasteiger partial charge in [-0.1, -0.05) is 12.1 Å². The van der Waals surface area contributed by atoms with Crippen LogP contribution >= 0.6 is 0 Å². The molecule has 2 aromatic carbocycles. The molecule has 0 fully saturated rings. The van der Waals surface area contributed by atoms with Gasteiger partial charge in [0, 0.05) is 6.54 Å². The molecular weight excluding hydrogens is 424 g/mol. The summed E-state index contributed by atoms with van der Waals surface area (Å²) in [7, 11) is 3.17. The maximum absolute atomic E-state index is 12.5. The van der Waals surface area contributed by atoms with E-state index in [9.17, 15) is 9.59 Å². The lowest BCUT2D eigenvalue weighted by atomic mass is 10.1. The second kappa shape index (κ2) is 9.68. The molecule has 0 spiro atoms. The van der Waals surface area contributed by atoms with Gasteiger partial charge in [-0.25, -0.2) is 0 Å². The van der Waals surface area contributed by atoms with Crippen molar-refractivity contribution in [2.45, 2.75) is 19.9 Å². The summed E-state index contributed by atoms with van der Waals surface area (Å²) in [6.07, 6.45) is 0.623. The average molecular weight is 450 g/mol. The van der Waals surface area contributed by atoms with E-state index in [4.69, 9.17) is 18.6 Å². The van der Waals surface area contributed by atoms with E-state index in [1.54, 1.807) is 31.3 Å². The molecule has 2 amide bonds. The average Bonchev–Trinajstić information content (AvgIpc) is 3.29. The summed E-state index contributed by atoms with van der Waals surface area (Å²) >= 11 is 0. The molecule has 0 atom stereocenters. The summed E-state index contributed by atoms with van der Waals surface area (Å²) in [6, 6.07) is 14.7. The third-order valence-electron chi connectivity index (χ3n) is 5.40. The number of hydrogen-bond acceptors (Lipinski definition) is 6. The summed E-state index contributed by atoms with van der Waals surface area (Å²) in [5.74, 6) is 2.19. The van der Waals surface area contributed by atoms with Crippen LogP contribution in [0.25, 0.3) is 0 Å². The van der Waals surface area contributed by atoms with Gasteiger partial charge in [0.25, 0.3) is 11.8 Å². The second-order valence-electron chi connectivity index (χ2n) is 7.70. The number of methoxy groups -OCH3 is 2. The number of fused-ring (bicyclic) bond motifs is 1. The molecule has 0 saturated carbocycles. The minimum absolute atomic E-state index is 0.0275. The summed E-state index contributed by atoms with van der Waals surface area (Å²) in [5.41, 5.74) is 2.72. The van der Waals surface area contributed by atoms with E-state index >= 15 is 0 Å². The van der Waals surface area contributed by atoms with Crippen molar-refractivity contribution in [2.24, 2.45) is 0 Å². The van der Waals surface area contributed by atoms with E-state index in [0.29, 0.717) is 41.7 Å². The highest BCUT2D eigenvalue weighted by molar-refractivity contribution is 5.97. The van der Waals surface area contributed by atoms with E-state index in [-0.39, 0.29) is 30.7 Å². The zero-order chi connectivity index (χ0) is 23.4. The number of ether oxygens (including phenoxy) is 3. The summed E-state index contributed by atoms with van der Waals surface area (Å²) in [6.45, 7) is 2.58. The first kappa shape index (κ1) is 22.3. The predicted octanol–water partition coefficient (Wildman–Crippen LogP) is 3.50. The Bertz CT molecular complexity index is 1170. The Morgan fingerprint density at radius 1 is 1.06 bits per heavy atom.